The van der Waals surface area contributed by atoms with Gasteiger partial charge in [-0.25, -0.2) is 0 Å². The molecule has 1 aromatic carbocycles. The fraction of sp³-hybridized carbons (Fsp3) is 0.200. The summed E-state index contributed by atoms with van der Waals surface area (Å²) in [6.45, 7) is 2.34. The van der Waals surface area contributed by atoms with Gasteiger partial charge >= 0.3 is 0 Å². The highest BCUT2D eigenvalue weighted by Gasteiger charge is 2.06. The topological polar surface area (TPSA) is 62.2 Å². The van der Waals surface area contributed by atoms with Gasteiger partial charge in [-0.05, 0) is 36.2 Å². The lowest BCUT2D eigenvalue weighted by atomic mass is 10.1. The summed E-state index contributed by atoms with van der Waals surface area (Å²) in [6, 6.07) is 10.6. The molecule has 0 bridgehead atoms. The number of benzene rings is 1. The highest BCUT2D eigenvalue weighted by Crippen LogP contribution is 2.10. The van der Waals surface area contributed by atoms with Crippen molar-refractivity contribution in [1.82, 2.24) is 10.3 Å². The number of hydrogen-bond donors (Lipinski definition) is 2. The Bertz CT molecular complexity index is 582. The molecule has 1 amide bonds. The van der Waals surface area contributed by atoms with Crippen LogP contribution in [0.25, 0.3) is 0 Å². The number of amides is 1. The van der Waals surface area contributed by atoms with Crippen molar-refractivity contribution in [2.45, 2.75) is 19.9 Å². The number of aryl methyl sites for hydroxylation is 1. The molecule has 1 aromatic heterocycles. The minimum absolute atomic E-state index is 0.0786. The van der Waals surface area contributed by atoms with E-state index in [9.17, 15) is 9.90 Å². The zero-order valence-electron chi connectivity index (χ0n) is 10.8. The molecule has 0 atom stereocenters. The van der Waals surface area contributed by atoms with Crippen LogP contribution in [0.4, 0.5) is 0 Å². The van der Waals surface area contributed by atoms with E-state index in [0.29, 0.717) is 6.54 Å². The third-order valence-corrected chi connectivity index (χ3v) is 2.85. The Hall–Kier alpha value is -2.36. The Morgan fingerprint density at radius 1 is 1.32 bits per heavy atom. The van der Waals surface area contributed by atoms with Gasteiger partial charge in [0.15, 0.2) is 0 Å². The molecule has 0 saturated heterocycles. The first-order valence-electron chi connectivity index (χ1n) is 6.10. The SMILES string of the molecule is Cc1cccnc1CC(=O)NCc1cccc(O)c1. The van der Waals surface area contributed by atoms with E-state index in [1.807, 2.05) is 25.1 Å². The molecule has 0 unspecified atom stereocenters. The smallest absolute Gasteiger partial charge is 0.226 e. The van der Waals surface area contributed by atoms with E-state index in [2.05, 4.69) is 10.3 Å². The van der Waals surface area contributed by atoms with E-state index in [4.69, 9.17) is 0 Å². The number of pyridine rings is 1. The third kappa shape index (κ3) is 3.81. The van der Waals surface area contributed by atoms with Crippen LogP contribution in [0.2, 0.25) is 0 Å². The summed E-state index contributed by atoms with van der Waals surface area (Å²) < 4.78 is 0. The van der Waals surface area contributed by atoms with Gasteiger partial charge in [0.25, 0.3) is 0 Å². The van der Waals surface area contributed by atoms with Crippen molar-refractivity contribution in [3.63, 3.8) is 0 Å². The van der Waals surface area contributed by atoms with Crippen LogP contribution in [0, 0.1) is 6.92 Å². The van der Waals surface area contributed by atoms with Crippen molar-refractivity contribution in [3.05, 3.63) is 59.4 Å². The second kappa shape index (κ2) is 6.00. The molecule has 4 heteroatoms. The molecule has 1 heterocycles. The largest absolute Gasteiger partial charge is 0.508 e. The van der Waals surface area contributed by atoms with Crippen molar-refractivity contribution < 1.29 is 9.90 Å². The zero-order chi connectivity index (χ0) is 13.7. The minimum atomic E-state index is -0.0786. The number of carbonyl (C=O) groups is 1. The van der Waals surface area contributed by atoms with E-state index in [-0.39, 0.29) is 18.1 Å². The second-order valence-electron chi connectivity index (χ2n) is 4.39. The molecule has 0 aliphatic carbocycles. The summed E-state index contributed by atoms with van der Waals surface area (Å²) in [5.41, 5.74) is 2.66. The van der Waals surface area contributed by atoms with Gasteiger partial charge in [-0.3, -0.25) is 9.78 Å². The minimum Gasteiger partial charge on any atom is -0.508 e. The first-order chi connectivity index (χ1) is 9.15. The number of hydrogen-bond acceptors (Lipinski definition) is 3. The van der Waals surface area contributed by atoms with Crippen LogP contribution >= 0.6 is 0 Å². The molecule has 0 aliphatic rings. The maximum absolute atomic E-state index is 11.8. The molecule has 0 spiro atoms. The highest BCUT2D eigenvalue weighted by atomic mass is 16.3. The van der Waals surface area contributed by atoms with E-state index in [1.54, 1.807) is 24.4 Å². The molecule has 19 heavy (non-hydrogen) atoms. The maximum atomic E-state index is 11.8. The maximum Gasteiger partial charge on any atom is 0.226 e. The molecule has 0 aliphatic heterocycles. The van der Waals surface area contributed by atoms with Crippen molar-refractivity contribution >= 4 is 5.91 Å². The molecule has 0 saturated carbocycles. The summed E-state index contributed by atoms with van der Waals surface area (Å²) in [7, 11) is 0. The van der Waals surface area contributed by atoms with Crippen LogP contribution in [0.15, 0.2) is 42.6 Å². The van der Waals surface area contributed by atoms with Gasteiger partial charge in [-0.1, -0.05) is 18.2 Å². The van der Waals surface area contributed by atoms with Gasteiger partial charge in [0, 0.05) is 12.7 Å². The van der Waals surface area contributed by atoms with E-state index in [1.165, 1.54) is 0 Å². The van der Waals surface area contributed by atoms with Gasteiger partial charge in [0.05, 0.1) is 12.1 Å². The quantitative estimate of drug-likeness (QED) is 0.879. The molecule has 2 aromatic rings. The lowest BCUT2D eigenvalue weighted by Crippen LogP contribution is -2.25. The number of rotatable bonds is 4. The fourth-order valence-corrected chi connectivity index (χ4v) is 1.79. The Balaban J connectivity index is 1.90. The first-order valence-corrected chi connectivity index (χ1v) is 6.10. The Labute approximate surface area is 112 Å². The average molecular weight is 256 g/mol. The number of phenolic OH excluding ortho intramolecular Hbond substituents is 1. The first kappa shape index (κ1) is 13.1. The lowest BCUT2D eigenvalue weighted by Gasteiger charge is -2.07. The van der Waals surface area contributed by atoms with Crippen LogP contribution < -0.4 is 5.32 Å². The number of aromatic hydroxyl groups is 1. The fourth-order valence-electron chi connectivity index (χ4n) is 1.79. The van der Waals surface area contributed by atoms with Crippen molar-refractivity contribution in [2.24, 2.45) is 0 Å². The number of aromatic nitrogens is 1. The van der Waals surface area contributed by atoms with E-state index < -0.39 is 0 Å². The molecule has 4 nitrogen and oxygen atoms in total. The molecular weight excluding hydrogens is 240 g/mol. The predicted molar refractivity (Wildman–Crippen MR) is 72.6 cm³/mol. The molecule has 0 radical (unpaired) electrons. The normalized spacial score (nSPS) is 10.2. The summed E-state index contributed by atoms with van der Waals surface area (Å²) >= 11 is 0. The molecule has 98 valence electrons. The second-order valence-corrected chi connectivity index (χ2v) is 4.39. The zero-order valence-corrected chi connectivity index (χ0v) is 10.8. The van der Waals surface area contributed by atoms with E-state index >= 15 is 0 Å². The van der Waals surface area contributed by atoms with Crippen molar-refractivity contribution in [2.75, 3.05) is 0 Å². The summed E-state index contributed by atoms with van der Waals surface area (Å²) in [5.74, 6) is 0.123. The lowest BCUT2D eigenvalue weighted by molar-refractivity contribution is -0.120. The molecule has 0 fully saturated rings. The summed E-state index contributed by atoms with van der Waals surface area (Å²) in [4.78, 5) is 16.0. The number of phenols is 1. The van der Waals surface area contributed by atoms with Crippen LogP contribution in [0.1, 0.15) is 16.8 Å². The predicted octanol–water partition coefficient (Wildman–Crippen LogP) is 1.95. The van der Waals surface area contributed by atoms with Crippen molar-refractivity contribution in [3.8, 4) is 5.75 Å². The Kier molecular flexibility index (Phi) is 4.13. The highest BCUT2D eigenvalue weighted by molar-refractivity contribution is 5.78. The van der Waals surface area contributed by atoms with Gasteiger partial charge in [-0.2, -0.15) is 0 Å². The monoisotopic (exact) mass is 256 g/mol. The Morgan fingerprint density at radius 3 is 2.89 bits per heavy atom. The summed E-state index contributed by atoms with van der Waals surface area (Å²) in [6.07, 6.45) is 1.95. The van der Waals surface area contributed by atoms with Crippen LogP contribution in [0.5, 0.6) is 5.75 Å². The average Bonchev–Trinajstić information content (AvgIpc) is 2.39. The van der Waals surface area contributed by atoms with Crippen LogP contribution in [0.3, 0.4) is 0 Å². The molecular formula is C15H16N2O2. The van der Waals surface area contributed by atoms with Gasteiger partial charge in [-0.15, -0.1) is 0 Å². The van der Waals surface area contributed by atoms with Crippen LogP contribution in [-0.4, -0.2) is 16.0 Å². The third-order valence-electron chi connectivity index (χ3n) is 2.85. The van der Waals surface area contributed by atoms with Gasteiger partial charge in [0.2, 0.25) is 5.91 Å². The summed E-state index contributed by atoms with van der Waals surface area (Å²) in [5, 5.41) is 12.1. The molecule has 2 rings (SSSR count). The number of nitrogens with one attached hydrogen (secondary N) is 1. The van der Waals surface area contributed by atoms with Crippen LogP contribution in [-0.2, 0) is 17.8 Å². The van der Waals surface area contributed by atoms with E-state index in [0.717, 1.165) is 16.8 Å². The number of carbonyl (C=O) groups excluding carboxylic acids is 1. The molecule has 2 N–H and O–H groups in total. The Morgan fingerprint density at radius 2 is 2.16 bits per heavy atom. The van der Waals surface area contributed by atoms with Gasteiger partial charge < -0.3 is 10.4 Å². The standard InChI is InChI=1S/C15H16N2O2/c1-11-4-3-7-16-14(11)9-15(19)17-10-12-5-2-6-13(18)8-12/h2-8,18H,9-10H2,1H3,(H,17,19). The number of nitrogens with zero attached hydrogens (tertiary/aromatic N) is 1. The van der Waals surface area contributed by atoms with Crippen molar-refractivity contribution in [1.29, 1.82) is 0 Å². The van der Waals surface area contributed by atoms with Gasteiger partial charge in [0.1, 0.15) is 5.75 Å².